The molecule has 1 aliphatic heterocycles. The number of nitrogens with one attached hydrogen (secondary N) is 1. The molecule has 0 saturated carbocycles. The van der Waals surface area contributed by atoms with Gasteiger partial charge in [0, 0.05) is 55.7 Å². The van der Waals surface area contributed by atoms with Crippen LogP contribution in [0.1, 0.15) is 15.9 Å². The molecule has 0 spiro atoms. The molecule has 1 N–H and O–H groups in total. The van der Waals surface area contributed by atoms with Gasteiger partial charge in [0.1, 0.15) is 0 Å². The van der Waals surface area contributed by atoms with Gasteiger partial charge in [0.2, 0.25) is 0 Å². The molecular formula is C25H26N4O4. The average Bonchev–Trinajstić information content (AvgIpc) is 2.85. The van der Waals surface area contributed by atoms with E-state index in [9.17, 15) is 14.9 Å². The van der Waals surface area contributed by atoms with Crippen molar-refractivity contribution in [2.24, 2.45) is 0 Å². The largest absolute Gasteiger partial charge is 0.490 e. The first-order valence-electron chi connectivity index (χ1n) is 10.8. The topological polar surface area (TPSA) is 88.0 Å². The fourth-order valence-electron chi connectivity index (χ4n) is 3.94. The molecule has 1 saturated heterocycles. The van der Waals surface area contributed by atoms with Crippen molar-refractivity contribution >= 4 is 23.0 Å². The van der Waals surface area contributed by atoms with Crippen LogP contribution in [0.15, 0.2) is 72.8 Å². The van der Waals surface area contributed by atoms with Gasteiger partial charge in [-0.05, 0) is 42.0 Å². The van der Waals surface area contributed by atoms with Crippen molar-refractivity contribution < 1.29 is 14.5 Å². The van der Waals surface area contributed by atoms with E-state index in [2.05, 4.69) is 39.4 Å². The third-order valence-electron chi connectivity index (χ3n) is 5.75. The number of hydrogen-bond donors (Lipinski definition) is 1. The Bertz CT molecular complexity index is 1110. The molecule has 1 fully saturated rings. The lowest BCUT2D eigenvalue weighted by Gasteiger charge is -2.36. The minimum absolute atomic E-state index is 0.116. The number of rotatable bonds is 7. The van der Waals surface area contributed by atoms with Crippen LogP contribution in [0.4, 0.5) is 17.1 Å². The van der Waals surface area contributed by atoms with Crippen LogP contribution in [0.25, 0.3) is 0 Å². The lowest BCUT2D eigenvalue weighted by atomic mass is 10.1. The predicted molar refractivity (Wildman–Crippen MR) is 128 cm³/mol. The monoisotopic (exact) mass is 446 g/mol. The van der Waals surface area contributed by atoms with Crippen LogP contribution in [-0.2, 0) is 6.54 Å². The van der Waals surface area contributed by atoms with Crippen LogP contribution in [0.5, 0.6) is 5.75 Å². The second kappa shape index (κ2) is 10.1. The molecule has 8 nitrogen and oxygen atoms in total. The molecule has 0 radical (unpaired) electrons. The van der Waals surface area contributed by atoms with Crippen molar-refractivity contribution in [3.05, 3.63) is 94.0 Å². The third-order valence-corrected chi connectivity index (χ3v) is 5.75. The second-order valence-electron chi connectivity index (χ2n) is 7.89. The Balaban J connectivity index is 1.34. The summed E-state index contributed by atoms with van der Waals surface area (Å²) in [5.74, 6) is -0.298. The van der Waals surface area contributed by atoms with Gasteiger partial charge in [-0.15, -0.1) is 0 Å². The number of carbonyl (C=O) groups is 1. The van der Waals surface area contributed by atoms with Crippen LogP contribution in [0.2, 0.25) is 0 Å². The molecule has 0 unspecified atom stereocenters. The summed E-state index contributed by atoms with van der Waals surface area (Å²) in [4.78, 5) is 28.0. The molecule has 0 aliphatic carbocycles. The number of ether oxygens (including phenoxy) is 1. The molecule has 0 bridgehead atoms. The number of carbonyl (C=O) groups excluding carboxylic acids is 1. The molecule has 4 rings (SSSR count). The van der Waals surface area contributed by atoms with Gasteiger partial charge in [0.25, 0.3) is 5.91 Å². The third kappa shape index (κ3) is 5.48. The zero-order valence-corrected chi connectivity index (χ0v) is 18.4. The van der Waals surface area contributed by atoms with Crippen LogP contribution in [-0.4, -0.2) is 49.0 Å². The fourth-order valence-corrected chi connectivity index (χ4v) is 3.94. The van der Waals surface area contributed by atoms with E-state index in [-0.39, 0.29) is 17.0 Å². The Morgan fingerprint density at radius 3 is 2.33 bits per heavy atom. The van der Waals surface area contributed by atoms with Crippen LogP contribution in [0, 0.1) is 10.1 Å². The molecular weight excluding hydrogens is 420 g/mol. The maximum Gasteiger partial charge on any atom is 0.311 e. The standard InChI is InChI=1S/C25H26N4O4/c1-33-24-12-7-20(17-23(24)29(31)32)25(30)26-21-8-10-22(11-9-21)28-15-13-27(14-16-28)18-19-5-3-2-4-6-19/h2-12,17H,13-16,18H2,1H3,(H,26,30). The van der Waals surface area contributed by atoms with Gasteiger partial charge in [0.05, 0.1) is 12.0 Å². The number of nitrogens with zero attached hydrogens (tertiary/aromatic N) is 3. The molecule has 1 heterocycles. The molecule has 0 atom stereocenters. The molecule has 33 heavy (non-hydrogen) atoms. The molecule has 1 amide bonds. The lowest BCUT2D eigenvalue weighted by molar-refractivity contribution is -0.385. The summed E-state index contributed by atoms with van der Waals surface area (Å²) in [5, 5.41) is 14.0. The number of methoxy groups -OCH3 is 1. The Kier molecular flexibility index (Phi) is 6.85. The van der Waals surface area contributed by atoms with Gasteiger partial charge in [-0.1, -0.05) is 30.3 Å². The fraction of sp³-hybridized carbons (Fsp3) is 0.240. The van der Waals surface area contributed by atoms with Crippen LogP contribution < -0.4 is 15.0 Å². The van der Waals surface area contributed by atoms with E-state index >= 15 is 0 Å². The summed E-state index contributed by atoms with van der Waals surface area (Å²) in [7, 11) is 1.35. The highest BCUT2D eigenvalue weighted by molar-refractivity contribution is 6.04. The van der Waals surface area contributed by atoms with Crippen molar-refractivity contribution in [2.45, 2.75) is 6.54 Å². The van der Waals surface area contributed by atoms with E-state index in [4.69, 9.17) is 4.74 Å². The molecule has 8 heteroatoms. The zero-order chi connectivity index (χ0) is 23.2. The van der Waals surface area contributed by atoms with Crippen molar-refractivity contribution in [3.8, 4) is 5.75 Å². The highest BCUT2D eigenvalue weighted by Gasteiger charge is 2.19. The molecule has 0 aromatic heterocycles. The van der Waals surface area contributed by atoms with Gasteiger partial charge in [-0.25, -0.2) is 0 Å². The normalized spacial score (nSPS) is 14.0. The number of hydrogen-bond acceptors (Lipinski definition) is 6. The van der Waals surface area contributed by atoms with Crippen molar-refractivity contribution in [2.75, 3.05) is 43.5 Å². The summed E-state index contributed by atoms with van der Waals surface area (Å²) in [6.07, 6.45) is 0. The number of piperazine rings is 1. The first-order chi connectivity index (χ1) is 16.0. The Morgan fingerprint density at radius 2 is 1.70 bits per heavy atom. The molecule has 170 valence electrons. The predicted octanol–water partition coefficient (Wildman–Crippen LogP) is 4.18. The van der Waals surface area contributed by atoms with E-state index < -0.39 is 10.8 Å². The number of nitro benzene ring substituents is 1. The van der Waals surface area contributed by atoms with Gasteiger partial charge < -0.3 is 15.0 Å². The second-order valence-corrected chi connectivity index (χ2v) is 7.89. The van der Waals surface area contributed by atoms with Gasteiger partial charge in [-0.2, -0.15) is 0 Å². The minimum atomic E-state index is -0.565. The first kappa shape index (κ1) is 22.3. The lowest BCUT2D eigenvalue weighted by Crippen LogP contribution is -2.45. The van der Waals surface area contributed by atoms with Crippen molar-refractivity contribution in [3.63, 3.8) is 0 Å². The smallest absolute Gasteiger partial charge is 0.311 e. The number of benzene rings is 3. The van der Waals surface area contributed by atoms with E-state index in [0.717, 1.165) is 38.4 Å². The molecule has 3 aromatic carbocycles. The first-order valence-corrected chi connectivity index (χ1v) is 10.8. The summed E-state index contributed by atoms with van der Waals surface area (Å²) in [6, 6.07) is 22.3. The summed E-state index contributed by atoms with van der Waals surface area (Å²) in [5.41, 5.74) is 3.01. The number of nitro groups is 1. The quantitative estimate of drug-likeness (QED) is 0.433. The van der Waals surface area contributed by atoms with Gasteiger partial charge in [0.15, 0.2) is 5.75 Å². The van der Waals surface area contributed by atoms with E-state index in [1.54, 1.807) is 0 Å². The maximum atomic E-state index is 12.6. The van der Waals surface area contributed by atoms with E-state index in [0.29, 0.717) is 5.69 Å². The van der Waals surface area contributed by atoms with Gasteiger partial charge >= 0.3 is 5.69 Å². The zero-order valence-electron chi connectivity index (χ0n) is 18.4. The number of anilines is 2. The van der Waals surface area contributed by atoms with Gasteiger partial charge in [-0.3, -0.25) is 19.8 Å². The van der Waals surface area contributed by atoms with Crippen molar-refractivity contribution in [1.29, 1.82) is 0 Å². The average molecular weight is 447 g/mol. The Labute approximate surface area is 192 Å². The molecule has 1 aliphatic rings. The van der Waals surface area contributed by atoms with E-state index in [1.807, 2.05) is 30.3 Å². The Morgan fingerprint density at radius 1 is 1.00 bits per heavy atom. The summed E-state index contributed by atoms with van der Waals surface area (Å²) >= 11 is 0. The SMILES string of the molecule is COc1ccc(C(=O)Nc2ccc(N3CCN(Cc4ccccc4)CC3)cc2)cc1[N+](=O)[O-]. The maximum absolute atomic E-state index is 12.6. The summed E-state index contributed by atoms with van der Waals surface area (Å²) in [6.45, 7) is 4.82. The number of amides is 1. The highest BCUT2D eigenvalue weighted by Crippen LogP contribution is 2.28. The van der Waals surface area contributed by atoms with Crippen molar-refractivity contribution in [1.82, 2.24) is 4.90 Å². The highest BCUT2D eigenvalue weighted by atomic mass is 16.6. The Hall–Kier alpha value is -3.91. The van der Waals surface area contributed by atoms with Crippen LogP contribution >= 0.6 is 0 Å². The minimum Gasteiger partial charge on any atom is -0.490 e. The molecule has 3 aromatic rings. The van der Waals surface area contributed by atoms with E-state index in [1.165, 1.54) is 30.9 Å². The summed E-state index contributed by atoms with van der Waals surface area (Å²) < 4.78 is 4.99. The van der Waals surface area contributed by atoms with Crippen LogP contribution in [0.3, 0.4) is 0 Å².